The highest BCUT2D eigenvalue weighted by molar-refractivity contribution is 5.37. The molecule has 1 atom stereocenters. The molecule has 0 amide bonds. The van der Waals surface area contributed by atoms with Crippen LogP contribution >= 0.6 is 0 Å². The molecule has 1 aliphatic heterocycles. The Morgan fingerprint density at radius 1 is 1.56 bits per heavy atom. The Hall–Kier alpha value is -1.69. The minimum Gasteiger partial charge on any atom is -0.490 e. The van der Waals surface area contributed by atoms with Crippen LogP contribution in [-0.4, -0.2) is 24.6 Å². The molecule has 0 saturated carbocycles. The fourth-order valence-electron chi connectivity index (χ4n) is 1.99. The number of nitrogens with one attached hydrogen (secondary N) is 1. The van der Waals surface area contributed by atoms with Crippen LogP contribution in [0.2, 0.25) is 0 Å². The second kappa shape index (κ2) is 5.77. The summed E-state index contributed by atoms with van der Waals surface area (Å²) in [6.07, 6.45) is 2.15. The van der Waals surface area contributed by atoms with Gasteiger partial charge in [0.15, 0.2) is 11.6 Å². The van der Waals surface area contributed by atoms with E-state index in [4.69, 9.17) is 4.74 Å². The highest BCUT2D eigenvalue weighted by atomic mass is 19.1. The van der Waals surface area contributed by atoms with Crippen molar-refractivity contribution in [3.63, 3.8) is 0 Å². The molecule has 18 heavy (non-hydrogen) atoms. The second-order valence-electron chi connectivity index (χ2n) is 4.40. The number of nitro benzene ring substituents is 1. The first kappa shape index (κ1) is 12.8. The molecule has 1 aromatic rings. The Morgan fingerprint density at radius 3 is 3.00 bits per heavy atom. The normalized spacial score (nSPS) is 19.5. The summed E-state index contributed by atoms with van der Waals surface area (Å²) in [6, 6.07) is 3.44. The van der Waals surface area contributed by atoms with Crippen LogP contribution in [0, 0.1) is 21.8 Å². The van der Waals surface area contributed by atoms with E-state index < -0.39 is 10.7 Å². The Balaban J connectivity index is 1.94. The zero-order chi connectivity index (χ0) is 13.0. The van der Waals surface area contributed by atoms with E-state index in [9.17, 15) is 14.5 Å². The first-order valence-electron chi connectivity index (χ1n) is 5.94. The van der Waals surface area contributed by atoms with E-state index in [1.54, 1.807) is 0 Å². The maximum absolute atomic E-state index is 13.5. The van der Waals surface area contributed by atoms with Crippen molar-refractivity contribution in [2.75, 3.05) is 19.7 Å². The average molecular weight is 254 g/mol. The SMILES string of the molecule is O=[N+]([O-])c1ccc(OCC2CCCNC2)c(F)c1. The summed E-state index contributed by atoms with van der Waals surface area (Å²) in [5.41, 5.74) is -0.265. The third kappa shape index (κ3) is 3.16. The predicted octanol–water partition coefficient (Wildman–Crippen LogP) is 2.11. The quantitative estimate of drug-likeness (QED) is 0.660. The van der Waals surface area contributed by atoms with Gasteiger partial charge < -0.3 is 10.1 Å². The highest BCUT2D eigenvalue weighted by Gasteiger charge is 2.16. The highest BCUT2D eigenvalue weighted by Crippen LogP contribution is 2.23. The van der Waals surface area contributed by atoms with E-state index in [1.165, 1.54) is 12.1 Å². The Morgan fingerprint density at radius 2 is 2.39 bits per heavy atom. The van der Waals surface area contributed by atoms with Crippen molar-refractivity contribution < 1.29 is 14.1 Å². The van der Waals surface area contributed by atoms with Crippen molar-refractivity contribution in [3.05, 3.63) is 34.1 Å². The molecule has 6 heteroatoms. The Labute approximate surface area is 104 Å². The third-order valence-electron chi connectivity index (χ3n) is 3.00. The Bertz CT molecular complexity index is 433. The number of hydrogen-bond donors (Lipinski definition) is 1. The summed E-state index contributed by atoms with van der Waals surface area (Å²) in [6.45, 7) is 2.32. The van der Waals surface area contributed by atoms with Gasteiger partial charge in [-0.3, -0.25) is 10.1 Å². The molecule has 1 N–H and O–H groups in total. The van der Waals surface area contributed by atoms with Crippen LogP contribution in [0.25, 0.3) is 0 Å². The molecule has 0 aliphatic carbocycles. The molecule has 0 bridgehead atoms. The molecule has 98 valence electrons. The first-order valence-corrected chi connectivity index (χ1v) is 5.94. The first-order chi connectivity index (χ1) is 8.66. The zero-order valence-electron chi connectivity index (χ0n) is 9.89. The molecule has 2 rings (SSSR count). The van der Waals surface area contributed by atoms with Crippen molar-refractivity contribution in [2.45, 2.75) is 12.8 Å². The van der Waals surface area contributed by atoms with E-state index in [1.807, 2.05) is 0 Å². The van der Waals surface area contributed by atoms with Crippen molar-refractivity contribution in [3.8, 4) is 5.75 Å². The second-order valence-corrected chi connectivity index (χ2v) is 4.40. The van der Waals surface area contributed by atoms with Gasteiger partial charge in [0.2, 0.25) is 0 Å². The molecule has 1 fully saturated rings. The minimum atomic E-state index is -0.687. The van der Waals surface area contributed by atoms with Crippen LogP contribution in [0.5, 0.6) is 5.75 Å². The summed E-state index contributed by atoms with van der Waals surface area (Å²) in [4.78, 5) is 9.83. The van der Waals surface area contributed by atoms with Crippen LogP contribution in [-0.2, 0) is 0 Å². The molecule has 1 heterocycles. The van der Waals surface area contributed by atoms with Gasteiger partial charge in [-0.05, 0) is 25.5 Å². The average Bonchev–Trinajstić information content (AvgIpc) is 2.38. The number of rotatable bonds is 4. The number of non-ortho nitro benzene ring substituents is 1. The molecule has 5 nitrogen and oxygen atoms in total. The van der Waals surface area contributed by atoms with Crippen molar-refractivity contribution in [1.29, 1.82) is 0 Å². The number of ether oxygens (including phenoxy) is 1. The number of hydrogen-bond acceptors (Lipinski definition) is 4. The van der Waals surface area contributed by atoms with Gasteiger partial charge in [-0.25, -0.2) is 4.39 Å². The van der Waals surface area contributed by atoms with Crippen molar-refractivity contribution in [2.24, 2.45) is 5.92 Å². The summed E-state index contributed by atoms with van der Waals surface area (Å²) < 4.78 is 18.9. The van der Waals surface area contributed by atoms with Gasteiger partial charge in [0.25, 0.3) is 5.69 Å². The summed E-state index contributed by atoms with van der Waals surface area (Å²) >= 11 is 0. The molecule has 1 aromatic carbocycles. The van der Waals surface area contributed by atoms with Crippen LogP contribution < -0.4 is 10.1 Å². The van der Waals surface area contributed by atoms with Gasteiger partial charge in [-0.15, -0.1) is 0 Å². The molecule has 0 aromatic heterocycles. The lowest BCUT2D eigenvalue weighted by molar-refractivity contribution is -0.385. The van der Waals surface area contributed by atoms with Gasteiger partial charge >= 0.3 is 0 Å². The van der Waals surface area contributed by atoms with E-state index >= 15 is 0 Å². The standard InChI is InChI=1S/C12H15FN2O3/c13-11-6-10(15(16)17)3-4-12(11)18-8-9-2-1-5-14-7-9/h3-4,6,9,14H,1-2,5,7-8H2. The molecular formula is C12H15FN2O3. The summed E-state index contributed by atoms with van der Waals surface area (Å²) in [5.74, 6) is -0.243. The summed E-state index contributed by atoms with van der Waals surface area (Å²) in [5, 5.41) is 13.7. The number of piperidine rings is 1. The van der Waals surface area contributed by atoms with Crippen LogP contribution in [0.15, 0.2) is 18.2 Å². The third-order valence-corrected chi connectivity index (χ3v) is 3.00. The molecular weight excluding hydrogens is 239 g/mol. The van der Waals surface area contributed by atoms with Gasteiger partial charge in [-0.1, -0.05) is 0 Å². The van der Waals surface area contributed by atoms with Crippen LogP contribution in [0.4, 0.5) is 10.1 Å². The van der Waals surface area contributed by atoms with Gasteiger partial charge in [0.05, 0.1) is 17.6 Å². The number of nitrogens with zero attached hydrogens (tertiary/aromatic N) is 1. The van der Waals surface area contributed by atoms with Crippen LogP contribution in [0.3, 0.4) is 0 Å². The van der Waals surface area contributed by atoms with E-state index in [0.29, 0.717) is 12.5 Å². The number of benzene rings is 1. The fourth-order valence-corrected chi connectivity index (χ4v) is 1.99. The van der Waals surface area contributed by atoms with Gasteiger partial charge in [0, 0.05) is 18.5 Å². The molecule has 0 spiro atoms. The van der Waals surface area contributed by atoms with Crippen molar-refractivity contribution >= 4 is 5.69 Å². The van der Waals surface area contributed by atoms with Crippen molar-refractivity contribution in [1.82, 2.24) is 5.32 Å². The topological polar surface area (TPSA) is 64.4 Å². The Kier molecular flexibility index (Phi) is 4.09. The maximum atomic E-state index is 13.5. The summed E-state index contributed by atoms with van der Waals surface area (Å²) in [7, 11) is 0. The van der Waals surface area contributed by atoms with Crippen LogP contribution in [0.1, 0.15) is 12.8 Å². The lowest BCUT2D eigenvalue weighted by Gasteiger charge is -2.22. The lowest BCUT2D eigenvalue weighted by Crippen LogP contribution is -2.33. The number of halogens is 1. The zero-order valence-corrected chi connectivity index (χ0v) is 9.89. The van der Waals surface area contributed by atoms with E-state index in [0.717, 1.165) is 32.0 Å². The molecule has 0 radical (unpaired) electrons. The largest absolute Gasteiger partial charge is 0.490 e. The molecule has 1 unspecified atom stereocenters. The van der Waals surface area contributed by atoms with E-state index in [-0.39, 0.29) is 11.4 Å². The number of nitro groups is 1. The molecule has 1 saturated heterocycles. The minimum absolute atomic E-state index is 0.0752. The van der Waals surface area contributed by atoms with Gasteiger partial charge in [0.1, 0.15) is 0 Å². The van der Waals surface area contributed by atoms with Gasteiger partial charge in [-0.2, -0.15) is 0 Å². The molecule has 1 aliphatic rings. The monoisotopic (exact) mass is 254 g/mol. The fraction of sp³-hybridized carbons (Fsp3) is 0.500. The van der Waals surface area contributed by atoms with E-state index in [2.05, 4.69) is 5.32 Å². The lowest BCUT2D eigenvalue weighted by atomic mass is 10.0. The maximum Gasteiger partial charge on any atom is 0.272 e. The smallest absolute Gasteiger partial charge is 0.272 e. The predicted molar refractivity (Wildman–Crippen MR) is 64.1 cm³/mol.